The zero-order valence-corrected chi connectivity index (χ0v) is 9.42. The van der Waals surface area contributed by atoms with Crippen LogP contribution in [0.15, 0.2) is 16.6 Å². The summed E-state index contributed by atoms with van der Waals surface area (Å²) in [5, 5.41) is 1.92. The summed E-state index contributed by atoms with van der Waals surface area (Å²) >= 11 is 2.87. The summed E-state index contributed by atoms with van der Waals surface area (Å²) in [6, 6.07) is 1.99. The maximum absolute atomic E-state index is 13.1. The topological polar surface area (TPSA) is 12.0 Å². The third-order valence-corrected chi connectivity index (χ3v) is 2.19. The van der Waals surface area contributed by atoms with E-state index in [1.165, 1.54) is 0 Å². The Labute approximate surface area is 96.8 Å². The summed E-state index contributed by atoms with van der Waals surface area (Å²) in [6.07, 6.45) is -4.40. The molecule has 7 heteroatoms. The fraction of sp³-hybridized carbons (Fsp3) is 0.333. The molecule has 0 spiro atoms. The molecule has 0 aliphatic rings. The average molecular weight is 304 g/mol. The van der Waals surface area contributed by atoms with Crippen molar-refractivity contribution in [3.63, 3.8) is 0 Å². The Bertz CT molecular complexity index is 354. The maximum Gasteiger partial charge on any atom is 0.401 e. The smallest absolute Gasteiger partial charge is 0.304 e. The van der Waals surface area contributed by atoms with E-state index in [1.54, 1.807) is 0 Å². The first-order valence-electron chi connectivity index (χ1n) is 4.20. The predicted molar refractivity (Wildman–Crippen MR) is 51.8 cm³/mol. The van der Waals surface area contributed by atoms with Crippen molar-refractivity contribution >= 4 is 15.9 Å². The number of benzene rings is 1. The number of nitrogens with one attached hydrogen (secondary N) is 1. The molecule has 1 aromatic carbocycles. The van der Waals surface area contributed by atoms with Crippen molar-refractivity contribution in [1.29, 1.82) is 0 Å². The molecule has 1 nitrogen and oxygen atoms in total. The molecule has 16 heavy (non-hydrogen) atoms. The van der Waals surface area contributed by atoms with Crippen molar-refractivity contribution in [2.45, 2.75) is 12.7 Å². The van der Waals surface area contributed by atoms with Gasteiger partial charge in [-0.25, -0.2) is 8.78 Å². The minimum Gasteiger partial charge on any atom is -0.304 e. The Morgan fingerprint density at radius 2 is 1.62 bits per heavy atom. The Kier molecular flexibility index (Phi) is 4.26. The van der Waals surface area contributed by atoms with Crippen molar-refractivity contribution in [2.24, 2.45) is 0 Å². The molecule has 0 aliphatic carbocycles. The zero-order chi connectivity index (χ0) is 12.3. The first-order valence-corrected chi connectivity index (χ1v) is 5.00. The molecule has 0 radical (unpaired) electrons. The molecule has 1 N–H and O–H groups in total. The third-order valence-electron chi connectivity index (χ3n) is 1.73. The van der Waals surface area contributed by atoms with Gasteiger partial charge in [-0.05, 0) is 12.1 Å². The lowest BCUT2D eigenvalue weighted by molar-refractivity contribution is -0.125. The lowest BCUT2D eigenvalue weighted by Gasteiger charge is -2.09. The van der Waals surface area contributed by atoms with Crippen LogP contribution in [0.5, 0.6) is 0 Å². The number of alkyl halides is 3. The van der Waals surface area contributed by atoms with Gasteiger partial charge in [-0.1, -0.05) is 15.9 Å². The summed E-state index contributed by atoms with van der Waals surface area (Å²) in [5.74, 6) is -1.77. The highest BCUT2D eigenvalue weighted by Gasteiger charge is 2.26. The fourth-order valence-corrected chi connectivity index (χ4v) is 1.47. The molecule has 0 aliphatic heterocycles. The number of hydrogen-bond acceptors (Lipinski definition) is 1. The van der Waals surface area contributed by atoms with Crippen molar-refractivity contribution in [3.8, 4) is 0 Å². The monoisotopic (exact) mass is 303 g/mol. The highest BCUT2D eigenvalue weighted by atomic mass is 79.9. The molecule has 0 saturated carbocycles. The third kappa shape index (κ3) is 4.05. The van der Waals surface area contributed by atoms with Gasteiger partial charge >= 0.3 is 6.18 Å². The lowest BCUT2D eigenvalue weighted by atomic mass is 10.2. The molecule has 0 saturated heterocycles. The minimum atomic E-state index is -4.40. The Morgan fingerprint density at radius 3 is 2.06 bits per heavy atom. The molecule has 0 unspecified atom stereocenters. The molecule has 0 aromatic heterocycles. The maximum atomic E-state index is 13.1. The molecule has 0 fully saturated rings. The van der Waals surface area contributed by atoms with Crippen LogP contribution in [0.3, 0.4) is 0 Å². The van der Waals surface area contributed by atoms with E-state index in [0.717, 1.165) is 12.1 Å². The van der Waals surface area contributed by atoms with Gasteiger partial charge in [0, 0.05) is 16.6 Å². The van der Waals surface area contributed by atoms with Crippen molar-refractivity contribution < 1.29 is 22.0 Å². The van der Waals surface area contributed by atoms with E-state index < -0.39 is 36.5 Å². The van der Waals surface area contributed by atoms with Crippen LogP contribution in [0.4, 0.5) is 22.0 Å². The predicted octanol–water partition coefficient (Wildman–Crippen LogP) is 3.38. The second kappa shape index (κ2) is 5.09. The van der Waals surface area contributed by atoms with E-state index in [2.05, 4.69) is 15.9 Å². The van der Waals surface area contributed by atoms with Crippen LogP contribution in [-0.4, -0.2) is 12.7 Å². The number of hydrogen-bond donors (Lipinski definition) is 1. The van der Waals surface area contributed by atoms with Crippen LogP contribution in [0.2, 0.25) is 0 Å². The fourth-order valence-electron chi connectivity index (χ4n) is 1.07. The van der Waals surface area contributed by atoms with Crippen LogP contribution in [-0.2, 0) is 6.54 Å². The number of halogens is 6. The molecule has 0 bridgehead atoms. The van der Waals surface area contributed by atoms with Crippen LogP contribution in [0, 0.1) is 11.6 Å². The molecular formula is C9H7BrF5N. The van der Waals surface area contributed by atoms with Crippen molar-refractivity contribution in [1.82, 2.24) is 5.32 Å². The van der Waals surface area contributed by atoms with E-state index in [-0.39, 0.29) is 4.47 Å². The SMILES string of the molecule is Fc1cc(Br)cc(F)c1CNCC(F)(F)F. The van der Waals surface area contributed by atoms with Crippen molar-refractivity contribution in [2.75, 3.05) is 6.54 Å². The van der Waals surface area contributed by atoms with Gasteiger partial charge in [0.15, 0.2) is 0 Å². The van der Waals surface area contributed by atoms with E-state index in [0.29, 0.717) is 0 Å². The van der Waals surface area contributed by atoms with E-state index >= 15 is 0 Å². The lowest BCUT2D eigenvalue weighted by Crippen LogP contribution is -2.28. The van der Waals surface area contributed by atoms with Crippen molar-refractivity contribution in [3.05, 3.63) is 33.8 Å². The standard InChI is InChI=1S/C9H7BrF5N/c10-5-1-7(11)6(8(12)2-5)3-16-4-9(13,14)15/h1-2,16H,3-4H2. The summed E-state index contributed by atoms with van der Waals surface area (Å²) in [5.41, 5.74) is -0.410. The van der Waals surface area contributed by atoms with Crippen LogP contribution in [0.1, 0.15) is 5.56 Å². The van der Waals surface area contributed by atoms with Gasteiger partial charge in [-0.2, -0.15) is 13.2 Å². The van der Waals surface area contributed by atoms with Gasteiger partial charge in [0.25, 0.3) is 0 Å². The van der Waals surface area contributed by atoms with Crippen LogP contribution < -0.4 is 5.32 Å². The molecule has 90 valence electrons. The first kappa shape index (κ1) is 13.4. The molecule has 1 aromatic rings. The molecular weight excluding hydrogens is 297 g/mol. The van der Waals surface area contributed by atoms with Gasteiger partial charge in [-0.3, -0.25) is 0 Å². The first-order chi connectivity index (χ1) is 7.29. The van der Waals surface area contributed by atoms with E-state index in [4.69, 9.17) is 0 Å². The molecule has 0 atom stereocenters. The Hall–Kier alpha value is -0.690. The molecule has 0 amide bonds. The molecule has 1 rings (SSSR count). The Morgan fingerprint density at radius 1 is 1.12 bits per heavy atom. The summed E-state index contributed by atoms with van der Waals surface area (Å²) in [4.78, 5) is 0. The largest absolute Gasteiger partial charge is 0.401 e. The van der Waals surface area contributed by atoms with Gasteiger partial charge in [-0.15, -0.1) is 0 Å². The van der Waals surface area contributed by atoms with Gasteiger partial charge < -0.3 is 5.32 Å². The van der Waals surface area contributed by atoms with E-state index in [9.17, 15) is 22.0 Å². The summed E-state index contributed by atoms with van der Waals surface area (Å²) in [7, 11) is 0. The minimum absolute atomic E-state index is 0.196. The Balaban J connectivity index is 2.68. The highest BCUT2D eigenvalue weighted by molar-refractivity contribution is 9.10. The second-order valence-electron chi connectivity index (χ2n) is 3.07. The van der Waals surface area contributed by atoms with Crippen LogP contribution >= 0.6 is 15.9 Å². The van der Waals surface area contributed by atoms with Gasteiger partial charge in [0.05, 0.1) is 6.54 Å². The summed E-state index contributed by atoms with van der Waals surface area (Å²) < 4.78 is 61.8. The zero-order valence-electron chi connectivity index (χ0n) is 7.84. The average Bonchev–Trinajstić information content (AvgIpc) is 2.07. The summed E-state index contributed by atoms with van der Waals surface area (Å²) in [6.45, 7) is -1.80. The number of rotatable bonds is 3. The van der Waals surface area contributed by atoms with Crippen LogP contribution in [0.25, 0.3) is 0 Å². The van der Waals surface area contributed by atoms with Gasteiger partial charge in [0.1, 0.15) is 11.6 Å². The second-order valence-corrected chi connectivity index (χ2v) is 3.98. The highest BCUT2D eigenvalue weighted by Crippen LogP contribution is 2.19. The van der Waals surface area contributed by atoms with E-state index in [1.807, 2.05) is 5.32 Å². The normalized spacial score (nSPS) is 11.9. The molecule has 0 heterocycles. The van der Waals surface area contributed by atoms with Gasteiger partial charge in [0.2, 0.25) is 0 Å². The quantitative estimate of drug-likeness (QED) is 0.844.